The Labute approximate surface area is 224 Å². The van der Waals surface area contributed by atoms with Crippen molar-refractivity contribution in [2.75, 3.05) is 26.1 Å². The van der Waals surface area contributed by atoms with Crippen molar-refractivity contribution in [2.45, 2.75) is 37.8 Å². The summed E-state index contributed by atoms with van der Waals surface area (Å²) < 4.78 is 10.6. The monoisotopic (exact) mass is 540 g/mol. The SMILES string of the molecule is COc1ccc(CCN2C(=O)[C@@H]3C(CCC(N)=O)NC4(C(=O)Nc5c(Cl)cc(C)cc54)[C@@H]3C2=O)cc1OC. The summed E-state index contributed by atoms with van der Waals surface area (Å²) in [4.78, 5) is 54.1. The number of aryl methyl sites for hydroxylation is 1. The van der Waals surface area contributed by atoms with Crippen molar-refractivity contribution < 1.29 is 28.7 Å². The zero-order valence-electron chi connectivity index (χ0n) is 21.3. The van der Waals surface area contributed by atoms with Crippen molar-refractivity contribution in [3.8, 4) is 11.5 Å². The molecule has 3 heterocycles. The fourth-order valence-electron chi connectivity index (χ4n) is 6.10. The number of nitrogens with one attached hydrogen (secondary N) is 2. The van der Waals surface area contributed by atoms with E-state index in [1.807, 2.05) is 19.1 Å². The van der Waals surface area contributed by atoms with Gasteiger partial charge in [-0.15, -0.1) is 0 Å². The molecule has 2 aromatic rings. The number of hydrogen-bond acceptors (Lipinski definition) is 7. The zero-order valence-corrected chi connectivity index (χ0v) is 22.1. The maximum atomic E-state index is 13.9. The second-order valence-electron chi connectivity index (χ2n) is 9.96. The van der Waals surface area contributed by atoms with E-state index < -0.39 is 41.1 Å². The van der Waals surface area contributed by atoms with Crippen molar-refractivity contribution in [2.24, 2.45) is 17.6 Å². The highest BCUT2D eigenvalue weighted by molar-refractivity contribution is 6.35. The van der Waals surface area contributed by atoms with E-state index in [1.54, 1.807) is 25.3 Å². The quantitative estimate of drug-likeness (QED) is 0.434. The Morgan fingerprint density at radius 1 is 1.11 bits per heavy atom. The minimum Gasteiger partial charge on any atom is -0.493 e. The highest BCUT2D eigenvalue weighted by atomic mass is 35.5. The third-order valence-corrected chi connectivity index (χ3v) is 8.08. The molecule has 3 aliphatic heterocycles. The van der Waals surface area contributed by atoms with Crippen LogP contribution < -0.4 is 25.8 Å². The van der Waals surface area contributed by atoms with Crippen LogP contribution in [0.2, 0.25) is 5.02 Å². The molecule has 4 amide bonds. The number of likely N-dealkylation sites (tertiary alicyclic amines) is 1. The van der Waals surface area contributed by atoms with Crippen LogP contribution in [0.15, 0.2) is 30.3 Å². The van der Waals surface area contributed by atoms with Gasteiger partial charge in [0.1, 0.15) is 5.54 Å². The van der Waals surface area contributed by atoms with E-state index in [-0.39, 0.29) is 25.3 Å². The van der Waals surface area contributed by atoms with E-state index in [1.165, 1.54) is 12.0 Å². The Hall–Kier alpha value is -3.63. The summed E-state index contributed by atoms with van der Waals surface area (Å²) in [6.45, 7) is 1.97. The molecule has 0 radical (unpaired) electrons. The number of benzene rings is 2. The number of methoxy groups -OCH3 is 2. The lowest BCUT2D eigenvalue weighted by atomic mass is 9.76. The number of anilines is 1. The minimum absolute atomic E-state index is 0.00707. The molecule has 11 heteroatoms. The van der Waals surface area contributed by atoms with Gasteiger partial charge < -0.3 is 20.5 Å². The van der Waals surface area contributed by atoms with Crippen molar-refractivity contribution in [3.05, 3.63) is 52.0 Å². The van der Waals surface area contributed by atoms with Crippen LogP contribution in [0.1, 0.15) is 29.5 Å². The average molecular weight is 541 g/mol. The molecular weight excluding hydrogens is 512 g/mol. The van der Waals surface area contributed by atoms with Gasteiger partial charge in [-0.3, -0.25) is 29.4 Å². The Balaban J connectivity index is 1.50. The zero-order chi connectivity index (χ0) is 27.4. The molecule has 1 spiro atoms. The van der Waals surface area contributed by atoms with Gasteiger partial charge in [-0.2, -0.15) is 0 Å². The van der Waals surface area contributed by atoms with Gasteiger partial charge in [0.15, 0.2) is 11.5 Å². The molecule has 0 bridgehead atoms. The predicted molar refractivity (Wildman–Crippen MR) is 139 cm³/mol. The number of nitrogens with zero attached hydrogens (tertiary/aromatic N) is 1. The number of fused-ring (bicyclic) bond motifs is 4. The molecule has 10 nitrogen and oxygen atoms in total. The summed E-state index contributed by atoms with van der Waals surface area (Å²) >= 11 is 6.46. The maximum absolute atomic E-state index is 13.9. The Bertz CT molecular complexity index is 1360. The molecule has 4 N–H and O–H groups in total. The van der Waals surface area contributed by atoms with Gasteiger partial charge in [0.25, 0.3) is 0 Å². The first kappa shape index (κ1) is 26.0. The largest absolute Gasteiger partial charge is 0.493 e. The molecule has 38 heavy (non-hydrogen) atoms. The molecule has 5 rings (SSSR count). The van der Waals surface area contributed by atoms with Gasteiger partial charge in [0.05, 0.1) is 36.8 Å². The molecule has 200 valence electrons. The summed E-state index contributed by atoms with van der Waals surface area (Å²) in [6, 6.07) is 8.34. The number of amides is 4. The molecule has 2 saturated heterocycles. The van der Waals surface area contributed by atoms with Crippen LogP contribution >= 0.6 is 11.6 Å². The number of rotatable bonds is 8. The summed E-state index contributed by atoms with van der Waals surface area (Å²) in [5, 5.41) is 6.47. The number of imide groups is 1. The number of primary amides is 1. The number of carbonyl (C=O) groups excluding carboxylic acids is 4. The first-order valence-electron chi connectivity index (χ1n) is 12.4. The predicted octanol–water partition coefficient (Wildman–Crippen LogP) is 1.89. The summed E-state index contributed by atoms with van der Waals surface area (Å²) in [7, 11) is 3.08. The number of hydrogen-bond donors (Lipinski definition) is 3. The molecule has 4 atom stereocenters. The van der Waals surface area contributed by atoms with Gasteiger partial charge in [-0.05, 0) is 49.1 Å². The molecule has 3 aliphatic rings. The minimum atomic E-state index is -1.48. The van der Waals surface area contributed by atoms with E-state index >= 15 is 0 Å². The Kier molecular flexibility index (Phi) is 6.56. The normalized spacial score (nSPS) is 25.5. The van der Waals surface area contributed by atoms with Gasteiger partial charge in [-0.25, -0.2) is 0 Å². The van der Waals surface area contributed by atoms with Crippen LogP contribution in [0, 0.1) is 18.8 Å². The number of nitrogens with two attached hydrogens (primary N) is 1. The fourth-order valence-corrected chi connectivity index (χ4v) is 6.42. The van der Waals surface area contributed by atoms with Crippen molar-refractivity contribution in [1.82, 2.24) is 10.2 Å². The first-order chi connectivity index (χ1) is 18.1. The van der Waals surface area contributed by atoms with Crippen molar-refractivity contribution >= 4 is 40.9 Å². The summed E-state index contributed by atoms with van der Waals surface area (Å²) in [5.74, 6) is -2.48. The first-order valence-corrected chi connectivity index (χ1v) is 12.7. The van der Waals surface area contributed by atoms with E-state index in [2.05, 4.69) is 10.6 Å². The average Bonchev–Trinajstić information content (AvgIpc) is 3.46. The molecule has 0 saturated carbocycles. The topological polar surface area (TPSA) is 140 Å². The lowest BCUT2D eigenvalue weighted by Gasteiger charge is -2.29. The smallest absolute Gasteiger partial charge is 0.250 e. The number of ether oxygens (including phenoxy) is 2. The molecular formula is C27H29ClN4O6. The number of carbonyl (C=O) groups is 4. The van der Waals surface area contributed by atoms with Crippen molar-refractivity contribution in [1.29, 1.82) is 0 Å². The van der Waals surface area contributed by atoms with E-state index in [4.69, 9.17) is 26.8 Å². The second kappa shape index (κ2) is 9.59. The van der Waals surface area contributed by atoms with Gasteiger partial charge >= 0.3 is 0 Å². The van der Waals surface area contributed by atoms with E-state index in [0.717, 1.165) is 11.1 Å². The summed E-state index contributed by atoms with van der Waals surface area (Å²) in [5.41, 5.74) is 6.53. The lowest BCUT2D eigenvalue weighted by molar-refractivity contribution is -0.142. The van der Waals surface area contributed by atoms with E-state index in [0.29, 0.717) is 34.2 Å². The van der Waals surface area contributed by atoms with Gasteiger partial charge in [-0.1, -0.05) is 23.7 Å². The van der Waals surface area contributed by atoms with Crippen LogP contribution in [0.5, 0.6) is 11.5 Å². The van der Waals surface area contributed by atoms with Gasteiger partial charge in [0.2, 0.25) is 23.6 Å². The Morgan fingerprint density at radius 3 is 2.53 bits per heavy atom. The van der Waals surface area contributed by atoms with Crippen LogP contribution in [0.3, 0.4) is 0 Å². The number of halogens is 1. The molecule has 0 aliphatic carbocycles. The fraction of sp³-hybridized carbons (Fsp3) is 0.407. The highest BCUT2D eigenvalue weighted by Crippen LogP contribution is 2.55. The van der Waals surface area contributed by atoms with Crippen LogP contribution in [-0.2, 0) is 31.1 Å². The van der Waals surface area contributed by atoms with Crippen LogP contribution in [0.25, 0.3) is 0 Å². The molecule has 0 aromatic heterocycles. The van der Waals surface area contributed by atoms with Gasteiger partial charge in [0, 0.05) is 24.6 Å². The summed E-state index contributed by atoms with van der Waals surface area (Å²) in [6.07, 6.45) is 0.605. The van der Waals surface area contributed by atoms with Crippen molar-refractivity contribution in [3.63, 3.8) is 0 Å². The molecule has 2 unspecified atom stereocenters. The lowest BCUT2D eigenvalue weighted by Crippen LogP contribution is -2.53. The third-order valence-electron chi connectivity index (χ3n) is 7.79. The van der Waals surface area contributed by atoms with Crippen LogP contribution in [0.4, 0.5) is 5.69 Å². The standard InChI is InChI=1S/C27H29ClN4O6/c1-13-10-15-23(16(28)11-13)30-26(36)27(15)22-21(17(31-27)5-7-20(29)33)24(34)32(25(22)35)9-8-14-4-6-18(37-2)19(12-14)38-3/h4,6,10-12,17,21-22,31H,5,7-9H2,1-3H3,(H2,29,33)(H,30,36)/t17?,21-,22+,27?/m1/s1. The Morgan fingerprint density at radius 2 is 1.84 bits per heavy atom. The van der Waals surface area contributed by atoms with Crippen LogP contribution in [-0.4, -0.2) is 55.3 Å². The molecule has 2 aromatic carbocycles. The highest BCUT2D eigenvalue weighted by Gasteiger charge is 2.70. The maximum Gasteiger partial charge on any atom is 0.250 e. The third kappa shape index (κ3) is 3.90. The second-order valence-corrected chi connectivity index (χ2v) is 10.4. The molecule has 2 fully saturated rings. The van der Waals surface area contributed by atoms with E-state index in [9.17, 15) is 19.2 Å².